The first kappa shape index (κ1) is 16.6. The molecule has 1 aromatic heterocycles. The average Bonchev–Trinajstić information content (AvgIpc) is 2.83. The Bertz CT molecular complexity index is 542. The van der Waals surface area contributed by atoms with E-state index in [-0.39, 0.29) is 0 Å². The predicted molar refractivity (Wildman–Crippen MR) is 98.1 cm³/mol. The monoisotopic (exact) mass is 433 g/mol. The lowest BCUT2D eigenvalue weighted by molar-refractivity contribution is 0.575. The van der Waals surface area contributed by atoms with E-state index in [1.807, 2.05) is 23.1 Å². The molecule has 5 heteroatoms. The fourth-order valence-electron chi connectivity index (χ4n) is 1.93. The molecule has 0 spiro atoms. The summed E-state index contributed by atoms with van der Waals surface area (Å²) in [6.07, 6.45) is 1.07. The first-order chi connectivity index (χ1) is 9.70. The van der Waals surface area contributed by atoms with Gasteiger partial charge in [0.25, 0.3) is 0 Å². The smallest absolute Gasteiger partial charge is 0.0314 e. The predicted octanol–water partition coefficient (Wildman–Crippen LogP) is 5.59. The molecule has 0 aliphatic heterocycles. The summed E-state index contributed by atoms with van der Waals surface area (Å²) in [5.41, 5.74) is 0. The highest BCUT2D eigenvalue weighted by Crippen LogP contribution is 2.29. The molecule has 0 bridgehead atoms. The maximum absolute atomic E-state index is 3.62. The Morgan fingerprint density at radius 3 is 2.65 bits per heavy atom. The molecule has 1 heterocycles. The van der Waals surface area contributed by atoms with Gasteiger partial charge < -0.3 is 5.32 Å². The number of thioether (sulfide) groups is 1. The van der Waals surface area contributed by atoms with Crippen LogP contribution in [0.4, 0.5) is 0 Å². The lowest BCUT2D eigenvalue weighted by Gasteiger charge is -2.17. The maximum Gasteiger partial charge on any atom is 0.0314 e. The van der Waals surface area contributed by atoms with E-state index < -0.39 is 0 Å². The van der Waals surface area contributed by atoms with Crippen molar-refractivity contribution in [3.8, 4) is 0 Å². The van der Waals surface area contributed by atoms with Crippen molar-refractivity contribution in [2.75, 3.05) is 12.3 Å². The lowest BCUT2D eigenvalue weighted by atomic mass is 10.2. The average molecular weight is 435 g/mol. The molecule has 2 rings (SSSR count). The van der Waals surface area contributed by atoms with Gasteiger partial charge in [-0.25, -0.2) is 0 Å². The number of thiophene rings is 1. The fourth-order valence-corrected chi connectivity index (χ4v) is 5.15. The van der Waals surface area contributed by atoms with E-state index in [2.05, 4.69) is 79.8 Å². The molecule has 0 aliphatic rings. The summed E-state index contributed by atoms with van der Waals surface area (Å²) in [6.45, 7) is 3.17. The highest BCUT2D eigenvalue weighted by Gasteiger charge is 2.13. The molecule has 0 saturated carbocycles. The van der Waals surface area contributed by atoms with Crippen molar-refractivity contribution in [3.05, 3.63) is 49.5 Å². The topological polar surface area (TPSA) is 12.0 Å². The largest absolute Gasteiger partial charge is 0.313 e. The van der Waals surface area contributed by atoms with Crippen LogP contribution < -0.4 is 5.32 Å². The van der Waals surface area contributed by atoms with Gasteiger partial charge in [-0.3, -0.25) is 0 Å². The van der Waals surface area contributed by atoms with Crippen molar-refractivity contribution in [1.82, 2.24) is 5.32 Å². The van der Waals surface area contributed by atoms with Crippen LogP contribution in [0.15, 0.2) is 49.6 Å². The Hall–Kier alpha value is 0.190. The van der Waals surface area contributed by atoms with Crippen LogP contribution in [0.25, 0.3) is 0 Å². The number of nitrogens with one attached hydrogen (secondary N) is 1. The van der Waals surface area contributed by atoms with Crippen LogP contribution in [-0.4, -0.2) is 18.3 Å². The highest BCUT2D eigenvalue weighted by molar-refractivity contribution is 9.10. The summed E-state index contributed by atoms with van der Waals surface area (Å²) in [4.78, 5) is 2.73. The Morgan fingerprint density at radius 1 is 1.20 bits per heavy atom. The molecule has 1 atom stereocenters. The number of hydrogen-bond acceptors (Lipinski definition) is 3. The first-order valence-corrected chi connectivity index (χ1v) is 9.98. The molecular weight excluding hydrogens is 418 g/mol. The van der Waals surface area contributed by atoms with Crippen molar-refractivity contribution in [2.45, 2.75) is 24.3 Å². The molecule has 0 radical (unpaired) electrons. The van der Waals surface area contributed by atoms with Gasteiger partial charge >= 0.3 is 0 Å². The normalized spacial score (nSPS) is 12.6. The van der Waals surface area contributed by atoms with Crippen LogP contribution in [-0.2, 0) is 6.42 Å². The lowest BCUT2D eigenvalue weighted by Crippen LogP contribution is -2.33. The van der Waals surface area contributed by atoms with Crippen LogP contribution in [0.5, 0.6) is 0 Å². The second kappa shape index (κ2) is 8.59. The van der Waals surface area contributed by atoms with Gasteiger partial charge in [-0.2, -0.15) is 0 Å². The van der Waals surface area contributed by atoms with Crippen LogP contribution in [0, 0.1) is 0 Å². The third-order valence-corrected chi connectivity index (χ3v) is 7.03. The summed E-state index contributed by atoms with van der Waals surface area (Å²) in [5.74, 6) is 1.07. The Kier molecular flexibility index (Phi) is 7.11. The van der Waals surface area contributed by atoms with Crippen molar-refractivity contribution >= 4 is 55.0 Å². The van der Waals surface area contributed by atoms with E-state index in [0.717, 1.165) is 18.7 Å². The van der Waals surface area contributed by atoms with E-state index in [4.69, 9.17) is 0 Å². The SMILES string of the molecule is CCNC(CSc1ccccc1Br)Cc1sccc1Br. The minimum absolute atomic E-state index is 0.493. The molecule has 1 nitrogen and oxygen atoms in total. The van der Waals surface area contributed by atoms with E-state index >= 15 is 0 Å². The molecule has 0 saturated heterocycles. The number of likely N-dealkylation sites (N-methyl/N-ethyl adjacent to an activating group) is 1. The van der Waals surface area contributed by atoms with E-state index in [1.165, 1.54) is 18.7 Å². The zero-order valence-corrected chi connectivity index (χ0v) is 16.0. The summed E-state index contributed by atoms with van der Waals surface area (Å²) in [6, 6.07) is 11.0. The van der Waals surface area contributed by atoms with Crippen LogP contribution >= 0.6 is 55.0 Å². The number of benzene rings is 1. The van der Waals surface area contributed by atoms with Crippen molar-refractivity contribution in [2.24, 2.45) is 0 Å². The van der Waals surface area contributed by atoms with E-state index in [0.29, 0.717) is 6.04 Å². The second-order valence-electron chi connectivity index (χ2n) is 4.39. The zero-order valence-electron chi connectivity index (χ0n) is 11.2. The molecule has 1 unspecified atom stereocenters. The van der Waals surface area contributed by atoms with Gasteiger partial charge in [0.15, 0.2) is 0 Å². The van der Waals surface area contributed by atoms with E-state index in [9.17, 15) is 0 Å². The maximum atomic E-state index is 3.62. The minimum Gasteiger partial charge on any atom is -0.313 e. The second-order valence-corrected chi connectivity index (χ2v) is 8.16. The Balaban J connectivity index is 1.96. The van der Waals surface area contributed by atoms with Gasteiger partial charge in [0.05, 0.1) is 0 Å². The summed E-state index contributed by atoms with van der Waals surface area (Å²) >= 11 is 11.0. The van der Waals surface area contributed by atoms with Gasteiger partial charge in [-0.05, 0) is 68.4 Å². The van der Waals surface area contributed by atoms with Gasteiger partial charge in [0.2, 0.25) is 0 Å². The quantitative estimate of drug-likeness (QED) is 0.570. The minimum atomic E-state index is 0.493. The molecule has 1 aromatic carbocycles. The number of hydrogen-bond donors (Lipinski definition) is 1. The van der Waals surface area contributed by atoms with Crippen molar-refractivity contribution < 1.29 is 0 Å². The highest BCUT2D eigenvalue weighted by atomic mass is 79.9. The number of halogens is 2. The van der Waals surface area contributed by atoms with Crippen LogP contribution in [0.3, 0.4) is 0 Å². The molecule has 0 fully saturated rings. The summed E-state index contributed by atoms with van der Waals surface area (Å²) in [5, 5.41) is 5.73. The zero-order chi connectivity index (χ0) is 14.4. The Labute approximate surface area is 145 Å². The molecule has 1 N–H and O–H groups in total. The molecule has 2 aromatic rings. The van der Waals surface area contributed by atoms with Gasteiger partial charge in [-0.1, -0.05) is 19.1 Å². The fraction of sp³-hybridized carbons (Fsp3) is 0.333. The molecular formula is C15H17Br2NS2. The first-order valence-electron chi connectivity index (χ1n) is 6.53. The summed E-state index contributed by atoms with van der Waals surface area (Å²) in [7, 11) is 0. The van der Waals surface area contributed by atoms with Gasteiger partial charge in [-0.15, -0.1) is 23.1 Å². The molecule has 0 amide bonds. The van der Waals surface area contributed by atoms with Crippen LogP contribution in [0.1, 0.15) is 11.8 Å². The third kappa shape index (κ3) is 4.88. The molecule has 0 aliphatic carbocycles. The van der Waals surface area contributed by atoms with Crippen LogP contribution in [0.2, 0.25) is 0 Å². The third-order valence-electron chi connectivity index (χ3n) is 2.89. The van der Waals surface area contributed by atoms with Gasteiger partial charge in [0.1, 0.15) is 0 Å². The summed E-state index contributed by atoms with van der Waals surface area (Å²) < 4.78 is 2.41. The van der Waals surface area contributed by atoms with E-state index in [1.54, 1.807) is 0 Å². The molecule has 20 heavy (non-hydrogen) atoms. The standard InChI is InChI=1S/C15H17Br2NS2/c1-2-18-11(9-15-13(17)7-8-19-15)10-20-14-6-4-3-5-12(14)16/h3-8,11,18H,2,9-10H2,1H3. The van der Waals surface area contributed by atoms with Gasteiger partial charge in [0, 0.05) is 30.5 Å². The van der Waals surface area contributed by atoms with Crippen molar-refractivity contribution in [3.63, 3.8) is 0 Å². The molecule has 108 valence electrons. The number of rotatable bonds is 7. The Morgan fingerprint density at radius 2 is 2.00 bits per heavy atom. The van der Waals surface area contributed by atoms with Crippen molar-refractivity contribution in [1.29, 1.82) is 0 Å².